The molecule has 0 saturated carbocycles. The van der Waals surface area contributed by atoms with Crippen molar-refractivity contribution in [2.24, 2.45) is 0 Å². The van der Waals surface area contributed by atoms with E-state index in [1.807, 2.05) is 24.3 Å². The molecule has 4 nitrogen and oxygen atoms in total. The Morgan fingerprint density at radius 1 is 1.03 bits per heavy atom. The lowest BCUT2D eigenvalue weighted by Gasteiger charge is -2.06. The van der Waals surface area contributed by atoms with Crippen molar-refractivity contribution in [2.75, 3.05) is 12.4 Å². The minimum atomic E-state index is -0.474. The Morgan fingerprint density at radius 3 is 2.45 bits per heavy atom. The van der Waals surface area contributed by atoms with Crippen LogP contribution in [0.2, 0.25) is 0 Å². The number of fused-ring (bicyclic) bond motifs is 1. The summed E-state index contributed by atoms with van der Waals surface area (Å²) in [6, 6.07) is 12.9. The van der Waals surface area contributed by atoms with Crippen molar-refractivity contribution in [3.8, 4) is 0 Å². The third-order valence-electron chi connectivity index (χ3n) is 4.99. The number of benzene rings is 2. The van der Waals surface area contributed by atoms with E-state index in [4.69, 9.17) is 9.15 Å². The summed E-state index contributed by atoms with van der Waals surface area (Å²) in [4.78, 5) is 25.8. The van der Waals surface area contributed by atoms with E-state index in [2.05, 4.69) is 22.9 Å². The van der Waals surface area contributed by atoms with Crippen LogP contribution in [0.5, 0.6) is 0 Å². The van der Waals surface area contributed by atoms with Gasteiger partial charge in [0.2, 0.25) is 0 Å². The molecule has 1 aromatic heterocycles. The van der Waals surface area contributed by atoms with E-state index in [-0.39, 0.29) is 5.78 Å². The van der Waals surface area contributed by atoms with Gasteiger partial charge in [-0.2, -0.15) is 0 Å². The monoisotopic (exact) mass is 456 g/mol. The van der Waals surface area contributed by atoms with Gasteiger partial charge in [-0.15, -0.1) is 0 Å². The molecule has 152 valence electrons. The maximum absolute atomic E-state index is 13.5. The molecule has 2 aromatic carbocycles. The first-order valence-electron chi connectivity index (χ1n) is 9.93. The number of aryl methyl sites for hydroxylation is 2. The third kappa shape index (κ3) is 4.61. The van der Waals surface area contributed by atoms with Crippen molar-refractivity contribution in [3.05, 3.63) is 70.5 Å². The van der Waals surface area contributed by atoms with Crippen LogP contribution in [0.3, 0.4) is 0 Å². The number of ketones is 1. The van der Waals surface area contributed by atoms with E-state index in [9.17, 15) is 9.59 Å². The van der Waals surface area contributed by atoms with Gasteiger partial charge >= 0.3 is 5.97 Å². The highest BCUT2D eigenvalue weighted by molar-refractivity contribution is 9.09. The molecule has 0 N–H and O–H groups in total. The number of unbranched alkanes of at least 4 members (excludes halogenated alkanes) is 1. The first-order valence-corrected chi connectivity index (χ1v) is 11.0. The predicted octanol–water partition coefficient (Wildman–Crippen LogP) is 6.12. The van der Waals surface area contributed by atoms with Crippen molar-refractivity contribution in [3.63, 3.8) is 0 Å². The van der Waals surface area contributed by atoms with Gasteiger partial charge in [-0.05, 0) is 37.0 Å². The van der Waals surface area contributed by atoms with E-state index < -0.39 is 5.97 Å². The number of carbonyl (C=O) groups excluding carboxylic acids is 2. The molecule has 0 unspecified atom stereocenters. The zero-order valence-electron chi connectivity index (χ0n) is 16.8. The minimum Gasteiger partial charge on any atom is -0.465 e. The first-order chi connectivity index (χ1) is 14.1. The van der Waals surface area contributed by atoms with Crippen LogP contribution < -0.4 is 0 Å². The second-order valence-electron chi connectivity index (χ2n) is 6.99. The number of esters is 1. The van der Waals surface area contributed by atoms with Gasteiger partial charge in [-0.3, -0.25) is 4.79 Å². The fraction of sp³-hybridized carbons (Fsp3) is 0.333. The van der Waals surface area contributed by atoms with E-state index in [0.29, 0.717) is 39.8 Å². The Kier molecular flexibility index (Phi) is 7.26. The summed E-state index contributed by atoms with van der Waals surface area (Å²) in [5.41, 5.74) is 3.15. The van der Waals surface area contributed by atoms with Gasteiger partial charge in [-0.1, -0.05) is 59.6 Å². The maximum atomic E-state index is 13.5. The Labute approximate surface area is 179 Å². The highest BCUT2D eigenvalue weighted by atomic mass is 79.9. The van der Waals surface area contributed by atoms with E-state index in [1.165, 1.54) is 12.7 Å². The van der Waals surface area contributed by atoms with Crippen LogP contribution in [0.25, 0.3) is 11.0 Å². The SMILES string of the molecule is CCCCc1oc2cccc(C(=O)OC)c2c1C(=O)c1ccc(CCCBr)cc1. The molecule has 0 aliphatic rings. The molecule has 0 amide bonds. The summed E-state index contributed by atoms with van der Waals surface area (Å²) in [5.74, 6) is 0.0300. The first kappa shape index (κ1) is 21.3. The lowest BCUT2D eigenvalue weighted by Crippen LogP contribution is -2.08. The van der Waals surface area contributed by atoms with Crippen LogP contribution in [0, 0.1) is 0 Å². The number of halogens is 1. The second-order valence-corrected chi connectivity index (χ2v) is 7.79. The lowest BCUT2D eigenvalue weighted by atomic mass is 9.95. The molecule has 0 saturated heterocycles. The second kappa shape index (κ2) is 9.88. The molecular weight excluding hydrogens is 432 g/mol. The van der Waals surface area contributed by atoms with Crippen molar-refractivity contribution >= 4 is 38.7 Å². The fourth-order valence-electron chi connectivity index (χ4n) is 3.47. The van der Waals surface area contributed by atoms with Crippen molar-refractivity contribution in [2.45, 2.75) is 39.0 Å². The molecule has 0 bridgehead atoms. The molecular formula is C24H25BrO4. The highest BCUT2D eigenvalue weighted by Crippen LogP contribution is 2.32. The van der Waals surface area contributed by atoms with Gasteiger partial charge < -0.3 is 9.15 Å². The smallest absolute Gasteiger partial charge is 0.338 e. The zero-order chi connectivity index (χ0) is 20.8. The van der Waals surface area contributed by atoms with Crippen LogP contribution in [0.15, 0.2) is 46.9 Å². The summed E-state index contributed by atoms with van der Waals surface area (Å²) in [5, 5.41) is 1.49. The number of methoxy groups -OCH3 is 1. The van der Waals surface area contributed by atoms with Gasteiger partial charge in [-0.25, -0.2) is 4.79 Å². The molecule has 0 aliphatic carbocycles. The van der Waals surface area contributed by atoms with Crippen LogP contribution >= 0.6 is 15.9 Å². The molecule has 5 heteroatoms. The molecule has 0 atom stereocenters. The van der Waals surface area contributed by atoms with E-state index >= 15 is 0 Å². The Balaban J connectivity index is 2.09. The van der Waals surface area contributed by atoms with Crippen molar-refractivity contribution < 1.29 is 18.7 Å². The number of rotatable bonds is 9. The quantitative estimate of drug-likeness (QED) is 0.221. The Bertz CT molecular complexity index is 1000. The summed E-state index contributed by atoms with van der Waals surface area (Å²) in [6.45, 7) is 2.09. The molecule has 0 spiro atoms. The Morgan fingerprint density at radius 2 is 1.79 bits per heavy atom. The zero-order valence-corrected chi connectivity index (χ0v) is 18.4. The maximum Gasteiger partial charge on any atom is 0.338 e. The average molecular weight is 457 g/mol. The van der Waals surface area contributed by atoms with Crippen LogP contribution in [-0.4, -0.2) is 24.2 Å². The van der Waals surface area contributed by atoms with E-state index in [1.54, 1.807) is 18.2 Å². The van der Waals surface area contributed by atoms with Gasteiger partial charge in [0.15, 0.2) is 5.78 Å². The number of hydrogen-bond donors (Lipinski definition) is 0. The average Bonchev–Trinajstić information content (AvgIpc) is 3.13. The summed E-state index contributed by atoms with van der Waals surface area (Å²) >= 11 is 3.44. The summed E-state index contributed by atoms with van der Waals surface area (Å²) in [7, 11) is 1.34. The minimum absolute atomic E-state index is 0.127. The molecule has 0 aliphatic heterocycles. The summed E-state index contributed by atoms with van der Waals surface area (Å²) in [6.07, 6.45) is 4.54. The van der Waals surface area contributed by atoms with Crippen LogP contribution in [-0.2, 0) is 17.6 Å². The van der Waals surface area contributed by atoms with E-state index in [0.717, 1.165) is 31.0 Å². The molecule has 1 heterocycles. The molecule has 3 aromatic rings. The number of carbonyl (C=O) groups is 2. The fourth-order valence-corrected chi connectivity index (χ4v) is 3.75. The van der Waals surface area contributed by atoms with Crippen molar-refractivity contribution in [1.29, 1.82) is 0 Å². The lowest BCUT2D eigenvalue weighted by molar-refractivity contribution is 0.0603. The Hall–Kier alpha value is -2.40. The highest BCUT2D eigenvalue weighted by Gasteiger charge is 2.26. The largest absolute Gasteiger partial charge is 0.465 e. The predicted molar refractivity (Wildman–Crippen MR) is 118 cm³/mol. The van der Waals surface area contributed by atoms with Crippen LogP contribution in [0.4, 0.5) is 0 Å². The van der Waals surface area contributed by atoms with Crippen molar-refractivity contribution in [1.82, 2.24) is 0 Å². The van der Waals surface area contributed by atoms with Gasteiger partial charge in [0.25, 0.3) is 0 Å². The number of ether oxygens (including phenoxy) is 1. The molecule has 3 rings (SSSR count). The third-order valence-corrected chi connectivity index (χ3v) is 5.55. The van der Waals surface area contributed by atoms with Gasteiger partial charge in [0, 0.05) is 22.7 Å². The normalized spacial score (nSPS) is 11.0. The molecule has 0 radical (unpaired) electrons. The molecule has 0 fully saturated rings. The standard InChI is InChI=1S/C24H25BrO4/c1-3-4-9-20-22(21-18(24(27)28-2)8-5-10-19(21)29-20)23(26)17-13-11-16(12-14-17)7-6-15-25/h5,8,10-14H,3-4,6-7,9,15H2,1-2H3. The number of furan rings is 1. The number of hydrogen-bond acceptors (Lipinski definition) is 4. The van der Waals surface area contributed by atoms with Gasteiger partial charge in [0.1, 0.15) is 11.3 Å². The van der Waals surface area contributed by atoms with Gasteiger partial charge in [0.05, 0.1) is 18.2 Å². The topological polar surface area (TPSA) is 56.5 Å². The number of alkyl halides is 1. The molecule has 29 heavy (non-hydrogen) atoms. The summed E-state index contributed by atoms with van der Waals surface area (Å²) < 4.78 is 11.0. The van der Waals surface area contributed by atoms with Crippen LogP contribution in [0.1, 0.15) is 63.8 Å².